The van der Waals surface area contributed by atoms with Gasteiger partial charge in [-0.25, -0.2) is 4.98 Å². The Morgan fingerprint density at radius 3 is 2.42 bits per heavy atom. The zero-order valence-corrected chi connectivity index (χ0v) is 19.6. The Morgan fingerprint density at radius 1 is 0.788 bits per heavy atom. The highest BCUT2D eigenvalue weighted by Crippen LogP contribution is 2.42. The number of allylic oxidation sites excluding steroid dienone is 2. The molecular weight excluding hydrogens is 404 g/mol. The zero-order valence-electron chi connectivity index (χ0n) is 19.6. The molecule has 1 aliphatic heterocycles. The molecule has 2 aliphatic rings. The van der Waals surface area contributed by atoms with Gasteiger partial charge in [-0.1, -0.05) is 58.0 Å². The molecule has 0 unspecified atom stereocenters. The van der Waals surface area contributed by atoms with Gasteiger partial charge < -0.3 is 4.98 Å². The maximum absolute atomic E-state index is 4.93. The van der Waals surface area contributed by atoms with E-state index in [0.717, 1.165) is 46.4 Å². The van der Waals surface area contributed by atoms with E-state index < -0.39 is 0 Å². The number of rotatable bonds is 4. The largest absolute Gasteiger partial charge is 0.342 e. The third-order valence-corrected chi connectivity index (χ3v) is 6.91. The molecule has 4 heteroatoms. The van der Waals surface area contributed by atoms with Crippen LogP contribution in [-0.2, 0) is 6.42 Å². The minimum absolute atomic E-state index is 0.382. The first-order valence-corrected chi connectivity index (χ1v) is 11.8. The highest BCUT2D eigenvalue weighted by atomic mass is 14.9. The fraction of sp³-hybridized carbons (Fsp3) is 0.276. The van der Waals surface area contributed by atoms with Crippen molar-refractivity contribution in [2.75, 3.05) is 0 Å². The number of imidazole rings is 1. The highest BCUT2D eigenvalue weighted by Gasteiger charge is 2.28. The van der Waals surface area contributed by atoms with E-state index in [1.807, 2.05) is 12.4 Å². The number of hydrogen-bond acceptors (Lipinski definition) is 3. The van der Waals surface area contributed by atoms with E-state index in [-0.39, 0.29) is 0 Å². The van der Waals surface area contributed by atoms with Crippen LogP contribution in [0.3, 0.4) is 0 Å². The van der Waals surface area contributed by atoms with Gasteiger partial charge in [-0.15, -0.1) is 0 Å². The molecular formula is C29H28N4. The number of pyridine rings is 1. The average molecular weight is 433 g/mol. The van der Waals surface area contributed by atoms with Crippen LogP contribution in [0.4, 0.5) is 0 Å². The lowest BCUT2D eigenvalue weighted by atomic mass is 9.95. The molecule has 164 valence electrons. The molecule has 4 nitrogen and oxygen atoms in total. The molecule has 0 atom stereocenters. The SMILES string of the molecule is CC(C)C1=NC2=C(C1)c1ccc(-c3cnc4cc(-c5cnc(C(C)C)[nH]5)ccc4c3)cc1C2. The number of nitrogens with zero attached hydrogens (tertiary/aromatic N) is 3. The van der Waals surface area contributed by atoms with E-state index in [1.165, 1.54) is 33.7 Å². The van der Waals surface area contributed by atoms with Crippen LogP contribution in [0.25, 0.3) is 38.9 Å². The van der Waals surface area contributed by atoms with Gasteiger partial charge in [-0.3, -0.25) is 9.98 Å². The van der Waals surface area contributed by atoms with Crippen LogP contribution < -0.4 is 0 Å². The van der Waals surface area contributed by atoms with E-state index in [9.17, 15) is 0 Å². The number of aliphatic imine (C=N–C) groups is 1. The quantitative estimate of drug-likeness (QED) is 0.371. The number of aromatic nitrogens is 3. The molecule has 0 amide bonds. The zero-order chi connectivity index (χ0) is 22.7. The summed E-state index contributed by atoms with van der Waals surface area (Å²) in [5, 5.41) is 1.15. The predicted molar refractivity (Wildman–Crippen MR) is 136 cm³/mol. The van der Waals surface area contributed by atoms with Crippen LogP contribution in [0.15, 0.2) is 65.5 Å². The summed E-state index contributed by atoms with van der Waals surface area (Å²) in [7, 11) is 0. The van der Waals surface area contributed by atoms with Gasteiger partial charge in [0.25, 0.3) is 0 Å². The highest BCUT2D eigenvalue weighted by molar-refractivity contribution is 6.02. The molecule has 0 saturated carbocycles. The van der Waals surface area contributed by atoms with Crippen molar-refractivity contribution in [3.05, 3.63) is 77.5 Å². The van der Waals surface area contributed by atoms with Gasteiger partial charge in [-0.2, -0.15) is 0 Å². The van der Waals surface area contributed by atoms with Gasteiger partial charge in [0.2, 0.25) is 0 Å². The van der Waals surface area contributed by atoms with Gasteiger partial charge in [0, 0.05) is 52.9 Å². The van der Waals surface area contributed by atoms with Crippen molar-refractivity contribution >= 4 is 22.2 Å². The van der Waals surface area contributed by atoms with Crippen molar-refractivity contribution in [2.45, 2.75) is 46.5 Å². The van der Waals surface area contributed by atoms with Crippen LogP contribution in [0.5, 0.6) is 0 Å². The molecule has 0 bridgehead atoms. The van der Waals surface area contributed by atoms with E-state index >= 15 is 0 Å². The second-order valence-electron chi connectivity index (χ2n) is 9.88. The molecule has 3 heterocycles. The van der Waals surface area contributed by atoms with Gasteiger partial charge in [0.15, 0.2) is 0 Å². The Bertz CT molecular complexity index is 1470. The van der Waals surface area contributed by atoms with E-state index in [4.69, 9.17) is 9.98 Å². The van der Waals surface area contributed by atoms with Crippen molar-refractivity contribution in [1.82, 2.24) is 15.0 Å². The Kier molecular flexibility index (Phi) is 4.58. The summed E-state index contributed by atoms with van der Waals surface area (Å²) < 4.78 is 0. The normalized spacial score (nSPS) is 15.0. The first-order chi connectivity index (χ1) is 16.0. The number of fused-ring (bicyclic) bond motifs is 3. The molecule has 0 radical (unpaired) electrons. The molecule has 0 saturated heterocycles. The summed E-state index contributed by atoms with van der Waals surface area (Å²) in [6, 6.07) is 15.5. The molecule has 2 aromatic heterocycles. The van der Waals surface area contributed by atoms with Crippen molar-refractivity contribution in [3.8, 4) is 22.4 Å². The molecule has 33 heavy (non-hydrogen) atoms. The van der Waals surface area contributed by atoms with Crippen molar-refractivity contribution < 1.29 is 0 Å². The lowest BCUT2D eigenvalue weighted by Gasteiger charge is -2.11. The van der Waals surface area contributed by atoms with Crippen molar-refractivity contribution in [3.63, 3.8) is 0 Å². The molecule has 1 aliphatic carbocycles. The van der Waals surface area contributed by atoms with E-state index in [0.29, 0.717) is 11.8 Å². The minimum atomic E-state index is 0.382. The number of benzene rings is 2. The molecule has 0 fully saturated rings. The molecule has 1 N–H and O–H groups in total. The van der Waals surface area contributed by atoms with Gasteiger partial charge in [-0.05, 0) is 40.3 Å². The fourth-order valence-corrected chi connectivity index (χ4v) is 4.91. The van der Waals surface area contributed by atoms with Crippen LogP contribution in [0.2, 0.25) is 0 Å². The third-order valence-electron chi connectivity index (χ3n) is 6.91. The summed E-state index contributed by atoms with van der Waals surface area (Å²) in [5.41, 5.74) is 12.3. The first-order valence-electron chi connectivity index (χ1n) is 11.8. The Morgan fingerprint density at radius 2 is 1.64 bits per heavy atom. The predicted octanol–water partition coefficient (Wildman–Crippen LogP) is 7.18. The van der Waals surface area contributed by atoms with Gasteiger partial charge >= 0.3 is 0 Å². The minimum Gasteiger partial charge on any atom is -0.342 e. The average Bonchev–Trinajstić information content (AvgIpc) is 3.52. The van der Waals surface area contributed by atoms with Crippen LogP contribution in [0, 0.1) is 5.92 Å². The second kappa shape index (κ2) is 7.51. The van der Waals surface area contributed by atoms with E-state index in [2.05, 4.69) is 80.1 Å². The Balaban J connectivity index is 1.29. The summed E-state index contributed by atoms with van der Waals surface area (Å²) in [5.74, 6) is 1.91. The number of aromatic amines is 1. The van der Waals surface area contributed by atoms with Crippen molar-refractivity contribution in [1.29, 1.82) is 0 Å². The lowest BCUT2D eigenvalue weighted by Crippen LogP contribution is -2.05. The lowest BCUT2D eigenvalue weighted by molar-refractivity contribution is 0.795. The summed E-state index contributed by atoms with van der Waals surface area (Å²) >= 11 is 0. The first kappa shape index (κ1) is 20.1. The Labute approximate surface area is 194 Å². The number of H-pyrrole nitrogens is 1. The van der Waals surface area contributed by atoms with Crippen LogP contribution in [0.1, 0.15) is 57.0 Å². The molecule has 0 spiro atoms. The Hall–Kier alpha value is -3.53. The van der Waals surface area contributed by atoms with Crippen LogP contribution >= 0.6 is 0 Å². The molecule has 2 aromatic carbocycles. The van der Waals surface area contributed by atoms with Crippen LogP contribution in [-0.4, -0.2) is 20.7 Å². The smallest absolute Gasteiger partial charge is 0.109 e. The molecule has 4 aromatic rings. The summed E-state index contributed by atoms with van der Waals surface area (Å²) in [6.07, 6.45) is 5.86. The topological polar surface area (TPSA) is 53.9 Å². The summed E-state index contributed by atoms with van der Waals surface area (Å²) in [6.45, 7) is 8.76. The molecule has 6 rings (SSSR count). The number of hydrogen-bond donors (Lipinski definition) is 1. The van der Waals surface area contributed by atoms with E-state index in [1.54, 1.807) is 0 Å². The standard InChI is InChI=1S/C29H28N4/c1-16(2)25-13-24-23-8-7-18(9-21(23)12-27(24)32-25)22-10-19-5-6-20(11-26(19)30-14-22)28-15-31-29(33-28)17(3)4/h5-11,14-17H,12-13H2,1-4H3,(H,31,33). The maximum atomic E-state index is 4.93. The second-order valence-corrected chi connectivity index (χ2v) is 9.88. The van der Waals surface area contributed by atoms with Gasteiger partial charge in [0.1, 0.15) is 5.82 Å². The summed E-state index contributed by atoms with van der Waals surface area (Å²) in [4.78, 5) is 17.7. The maximum Gasteiger partial charge on any atom is 0.109 e. The fourth-order valence-electron chi connectivity index (χ4n) is 4.91. The monoisotopic (exact) mass is 432 g/mol. The third kappa shape index (κ3) is 3.41. The van der Waals surface area contributed by atoms with Gasteiger partial charge in [0.05, 0.1) is 17.4 Å². The van der Waals surface area contributed by atoms with Crippen molar-refractivity contribution in [2.24, 2.45) is 10.9 Å². The number of nitrogens with one attached hydrogen (secondary N) is 1.